The zero-order valence-electron chi connectivity index (χ0n) is 12.1. The van der Waals surface area contributed by atoms with Crippen LogP contribution < -0.4 is 5.73 Å². The molecule has 1 aliphatic carbocycles. The van der Waals surface area contributed by atoms with Crippen molar-refractivity contribution in [1.29, 1.82) is 0 Å². The van der Waals surface area contributed by atoms with Gasteiger partial charge in [0, 0.05) is 41.9 Å². The van der Waals surface area contributed by atoms with Gasteiger partial charge >= 0.3 is 0 Å². The van der Waals surface area contributed by atoms with E-state index in [0.717, 1.165) is 32.4 Å². The molecule has 0 radical (unpaired) electrons. The van der Waals surface area contributed by atoms with Gasteiger partial charge < -0.3 is 5.73 Å². The molecule has 0 aromatic carbocycles. The average Bonchev–Trinajstić information content (AvgIpc) is 2.72. The van der Waals surface area contributed by atoms with Crippen LogP contribution in [-0.2, 0) is 9.84 Å². The van der Waals surface area contributed by atoms with E-state index in [0.29, 0.717) is 17.0 Å². The lowest BCUT2D eigenvalue weighted by Gasteiger charge is -2.48. The van der Waals surface area contributed by atoms with E-state index in [4.69, 9.17) is 5.73 Å². The van der Waals surface area contributed by atoms with Crippen LogP contribution in [0, 0.1) is 0 Å². The molecule has 4 unspecified atom stereocenters. The second kappa shape index (κ2) is 5.54. The molecule has 0 bridgehead atoms. The Balaban J connectivity index is 2.31. The highest BCUT2D eigenvalue weighted by Crippen LogP contribution is 2.41. The quantitative estimate of drug-likeness (QED) is 0.846. The van der Waals surface area contributed by atoms with Gasteiger partial charge in [0.2, 0.25) is 0 Å². The molecule has 0 amide bonds. The summed E-state index contributed by atoms with van der Waals surface area (Å²) >= 11 is 1.99. The Morgan fingerprint density at radius 3 is 2.37 bits per heavy atom. The molecule has 4 nitrogen and oxygen atoms in total. The normalized spacial score (nSPS) is 41.6. The molecule has 19 heavy (non-hydrogen) atoms. The smallest absolute Gasteiger partial charge is 0.152 e. The first-order valence-electron chi connectivity index (χ1n) is 7.09. The molecule has 112 valence electrons. The van der Waals surface area contributed by atoms with Crippen molar-refractivity contribution >= 4 is 21.6 Å². The van der Waals surface area contributed by atoms with E-state index in [-0.39, 0.29) is 10.8 Å². The zero-order chi connectivity index (χ0) is 14.3. The SMILES string of the molecule is CC1CN(C2(CN)CCCC2S(C)(=O)=O)CC(C)S1. The average molecular weight is 306 g/mol. The van der Waals surface area contributed by atoms with Crippen LogP contribution in [0.5, 0.6) is 0 Å². The molecule has 0 spiro atoms. The first kappa shape index (κ1) is 15.6. The highest BCUT2D eigenvalue weighted by atomic mass is 32.2. The van der Waals surface area contributed by atoms with Gasteiger partial charge in [-0.3, -0.25) is 4.90 Å². The molecule has 2 rings (SSSR count). The van der Waals surface area contributed by atoms with E-state index < -0.39 is 9.84 Å². The summed E-state index contributed by atoms with van der Waals surface area (Å²) in [5, 5.41) is 0.813. The predicted molar refractivity (Wildman–Crippen MR) is 82.4 cm³/mol. The maximum atomic E-state index is 12.1. The number of rotatable bonds is 3. The molecule has 2 aliphatic rings. The van der Waals surface area contributed by atoms with Crippen LogP contribution in [-0.4, -0.2) is 60.5 Å². The number of nitrogens with two attached hydrogens (primary N) is 1. The van der Waals surface area contributed by atoms with Gasteiger partial charge in [0.15, 0.2) is 9.84 Å². The highest BCUT2D eigenvalue weighted by molar-refractivity contribution is 8.00. The Labute approximate surface area is 121 Å². The maximum absolute atomic E-state index is 12.1. The molecular formula is C13H26N2O2S2. The van der Waals surface area contributed by atoms with Gasteiger partial charge in [-0.2, -0.15) is 11.8 Å². The third-order valence-corrected chi connectivity index (χ3v) is 7.53. The second-order valence-corrected chi connectivity index (χ2v) is 10.3. The summed E-state index contributed by atoms with van der Waals surface area (Å²) in [5.41, 5.74) is 5.74. The zero-order valence-corrected chi connectivity index (χ0v) is 13.8. The molecule has 2 fully saturated rings. The highest BCUT2D eigenvalue weighted by Gasteiger charge is 2.52. The first-order chi connectivity index (χ1) is 8.79. The van der Waals surface area contributed by atoms with E-state index >= 15 is 0 Å². The van der Waals surface area contributed by atoms with Gasteiger partial charge in [0.1, 0.15) is 0 Å². The van der Waals surface area contributed by atoms with Crippen molar-refractivity contribution in [1.82, 2.24) is 4.90 Å². The number of sulfone groups is 1. The number of hydrogen-bond acceptors (Lipinski definition) is 5. The van der Waals surface area contributed by atoms with Gasteiger partial charge in [-0.25, -0.2) is 8.42 Å². The fraction of sp³-hybridized carbons (Fsp3) is 1.00. The van der Waals surface area contributed by atoms with E-state index in [1.807, 2.05) is 11.8 Å². The summed E-state index contributed by atoms with van der Waals surface area (Å²) in [6, 6.07) is 0. The van der Waals surface area contributed by atoms with Crippen molar-refractivity contribution in [2.75, 3.05) is 25.9 Å². The Morgan fingerprint density at radius 1 is 1.32 bits per heavy atom. The lowest BCUT2D eigenvalue weighted by atomic mass is 9.93. The van der Waals surface area contributed by atoms with Crippen LogP contribution in [0.1, 0.15) is 33.1 Å². The van der Waals surface area contributed by atoms with E-state index in [2.05, 4.69) is 18.7 Å². The van der Waals surface area contributed by atoms with Crippen molar-refractivity contribution in [2.24, 2.45) is 5.73 Å². The minimum absolute atomic E-state index is 0.285. The van der Waals surface area contributed by atoms with Gasteiger partial charge in [0.05, 0.1) is 5.25 Å². The van der Waals surface area contributed by atoms with Crippen LogP contribution in [0.25, 0.3) is 0 Å². The largest absolute Gasteiger partial charge is 0.329 e. The molecule has 1 aliphatic heterocycles. The van der Waals surface area contributed by atoms with E-state index in [1.54, 1.807) is 0 Å². The monoisotopic (exact) mass is 306 g/mol. The van der Waals surface area contributed by atoms with Gasteiger partial charge in [0.25, 0.3) is 0 Å². The van der Waals surface area contributed by atoms with Crippen molar-refractivity contribution in [3.05, 3.63) is 0 Å². The summed E-state index contributed by atoms with van der Waals surface area (Å²) in [6.45, 7) is 6.81. The number of nitrogens with zero attached hydrogens (tertiary/aromatic N) is 1. The second-order valence-electron chi connectivity index (χ2n) is 6.18. The predicted octanol–water partition coefficient (Wildman–Crippen LogP) is 1.11. The van der Waals surface area contributed by atoms with E-state index in [1.165, 1.54) is 6.26 Å². The third-order valence-electron chi connectivity index (χ3n) is 4.60. The minimum Gasteiger partial charge on any atom is -0.329 e. The number of thioether (sulfide) groups is 1. The standard InChI is InChI=1S/C13H26N2O2S2/c1-10-7-15(8-11(2)18-10)13(9-14)6-4-5-12(13)19(3,16)17/h10-12H,4-9,14H2,1-3H3. The third kappa shape index (κ3) is 2.96. The molecule has 0 aromatic rings. The molecule has 4 atom stereocenters. The Morgan fingerprint density at radius 2 is 1.89 bits per heavy atom. The van der Waals surface area contributed by atoms with Gasteiger partial charge in [-0.1, -0.05) is 20.3 Å². The maximum Gasteiger partial charge on any atom is 0.152 e. The molecule has 1 heterocycles. The van der Waals surface area contributed by atoms with Crippen molar-refractivity contribution in [3.63, 3.8) is 0 Å². The van der Waals surface area contributed by atoms with E-state index in [9.17, 15) is 8.42 Å². The summed E-state index contributed by atoms with van der Waals surface area (Å²) < 4.78 is 24.3. The number of hydrogen-bond donors (Lipinski definition) is 1. The van der Waals surface area contributed by atoms with Crippen LogP contribution >= 0.6 is 11.8 Å². The van der Waals surface area contributed by atoms with Crippen LogP contribution in [0.4, 0.5) is 0 Å². The summed E-state index contributed by atoms with van der Waals surface area (Å²) in [4.78, 5) is 2.39. The Kier molecular flexibility index (Phi) is 4.55. The van der Waals surface area contributed by atoms with Crippen LogP contribution in [0.3, 0.4) is 0 Å². The molecule has 1 saturated carbocycles. The molecule has 1 saturated heterocycles. The molecular weight excluding hydrogens is 280 g/mol. The van der Waals surface area contributed by atoms with Crippen LogP contribution in [0.15, 0.2) is 0 Å². The minimum atomic E-state index is -3.04. The van der Waals surface area contributed by atoms with Gasteiger partial charge in [-0.15, -0.1) is 0 Å². The van der Waals surface area contributed by atoms with Crippen molar-refractivity contribution < 1.29 is 8.42 Å². The fourth-order valence-corrected chi connectivity index (χ4v) is 6.98. The Hall–Kier alpha value is 0.220. The summed E-state index contributed by atoms with van der Waals surface area (Å²) in [5.74, 6) is 0. The topological polar surface area (TPSA) is 63.4 Å². The molecule has 2 N–H and O–H groups in total. The van der Waals surface area contributed by atoms with Gasteiger partial charge in [-0.05, 0) is 12.8 Å². The van der Waals surface area contributed by atoms with Crippen molar-refractivity contribution in [3.8, 4) is 0 Å². The van der Waals surface area contributed by atoms with Crippen LogP contribution in [0.2, 0.25) is 0 Å². The Bertz CT molecular complexity index is 416. The van der Waals surface area contributed by atoms with Crippen molar-refractivity contribution in [2.45, 2.75) is 54.4 Å². The lowest BCUT2D eigenvalue weighted by Crippen LogP contribution is -2.63. The summed E-state index contributed by atoms with van der Waals surface area (Å²) in [7, 11) is -3.04. The summed E-state index contributed by atoms with van der Waals surface area (Å²) in [6.07, 6.45) is 4.04. The first-order valence-corrected chi connectivity index (χ1v) is 9.99. The molecule has 0 aromatic heterocycles. The fourth-order valence-electron chi connectivity index (χ4n) is 3.90. The lowest BCUT2D eigenvalue weighted by molar-refractivity contribution is 0.0995. The molecule has 6 heteroatoms.